The maximum atomic E-state index is 8.14. The van der Waals surface area contributed by atoms with E-state index in [-0.39, 0.29) is 0 Å². The van der Waals surface area contributed by atoms with E-state index >= 15 is 0 Å². The third-order valence-electron chi connectivity index (χ3n) is 1.12. The van der Waals surface area contributed by atoms with E-state index in [1.165, 1.54) is 0 Å². The number of hydrogen-bond donors (Lipinski definition) is 0. The van der Waals surface area contributed by atoms with Crippen LogP contribution >= 0.6 is 0 Å². The van der Waals surface area contributed by atoms with Gasteiger partial charge in [-0.1, -0.05) is 0 Å². The van der Waals surface area contributed by atoms with Crippen molar-refractivity contribution in [2.24, 2.45) is 0 Å². The summed E-state index contributed by atoms with van der Waals surface area (Å²) in [4.78, 5) is 0. The zero-order valence-corrected chi connectivity index (χ0v) is 4.55. The predicted molar refractivity (Wildman–Crippen MR) is 29.1 cm³/mol. The highest BCUT2D eigenvalue weighted by molar-refractivity contribution is 5.15. The SMILES string of the molecule is N#C/C=C1/CCOC1. The van der Waals surface area contributed by atoms with Gasteiger partial charge in [-0.05, 0) is 12.0 Å². The van der Waals surface area contributed by atoms with Crippen LogP contribution < -0.4 is 0 Å². The molecule has 1 rings (SSSR count). The molecule has 1 aliphatic rings. The van der Waals surface area contributed by atoms with Crippen molar-refractivity contribution in [3.63, 3.8) is 0 Å². The highest BCUT2D eigenvalue weighted by atomic mass is 16.5. The summed E-state index contributed by atoms with van der Waals surface area (Å²) in [6.45, 7) is 1.45. The molecule has 2 nitrogen and oxygen atoms in total. The van der Waals surface area contributed by atoms with Crippen LogP contribution in [0.2, 0.25) is 0 Å². The van der Waals surface area contributed by atoms with Crippen molar-refractivity contribution in [1.29, 1.82) is 5.26 Å². The summed E-state index contributed by atoms with van der Waals surface area (Å²) in [5.41, 5.74) is 1.12. The molecule has 0 spiro atoms. The van der Waals surface area contributed by atoms with E-state index < -0.39 is 0 Å². The van der Waals surface area contributed by atoms with Gasteiger partial charge in [0.1, 0.15) is 0 Å². The van der Waals surface area contributed by atoms with Crippen LogP contribution in [0.15, 0.2) is 11.6 Å². The van der Waals surface area contributed by atoms with Crippen molar-refractivity contribution in [1.82, 2.24) is 0 Å². The van der Waals surface area contributed by atoms with E-state index in [1.807, 2.05) is 6.07 Å². The molecule has 0 bridgehead atoms. The molecular weight excluding hydrogens is 102 g/mol. The fourth-order valence-corrected chi connectivity index (χ4v) is 0.684. The number of allylic oxidation sites excluding steroid dienone is 1. The molecule has 1 heterocycles. The van der Waals surface area contributed by atoms with E-state index in [0.717, 1.165) is 18.6 Å². The van der Waals surface area contributed by atoms with Crippen molar-refractivity contribution in [3.05, 3.63) is 11.6 Å². The van der Waals surface area contributed by atoms with Crippen molar-refractivity contribution in [2.75, 3.05) is 13.2 Å². The Balaban J connectivity index is 2.48. The lowest BCUT2D eigenvalue weighted by atomic mass is 10.2. The molecule has 1 fully saturated rings. The Kier molecular flexibility index (Phi) is 1.66. The number of nitrogens with zero attached hydrogens (tertiary/aromatic N) is 1. The summed E-state index contributed by atoms with van der Waals surface area (Å²) in [7, 11) is 0. The van der Waals surface area contributed by atoms with Gasteiger partial charge in [0, 0.05) is 6.08 Å². The molecule has 8 heavy (non-hydrogen) atoms. The molecule has 0 atom stereocenters. The lowest BCUT2D eigenvalue weighted by molar-refractivity contribution is 0.204. The number of ether oxygens (including phenoxy) is 1. The molecule has 1 aliphatic heterocycles. The van der Waals surface area contributed by atoms with E-state index in [9.17, 15) is 0 Å². The molecule has 0 saturated carbocycles. The second kappa shape index (κ2) is 2.49. The van der Waals surface area contributed by atoms with Gasteiger partial charge in [0.25, 0.3) is 0 Å². The minimum Gasteiger partial charge on any atom is -0.377 e. The smallest absolute Gasteiger partial charge is 0.0912 e. The second-order valence-electron chi connectivity index (χ2n) is 1.73. The van der Waals surface area contributed by atoms with Crippen LogP contribution in [-0.4, -0.2) is 13.2 Å². The summed E-state index contributed by atoms with van der Waals surface area (Å²) in [5.74, 6) is 0. The minimum atomic E-state index is 0.660. The van der Waals surface area contributed by atoms with E-state index in [4.69, 9.17) is 10.00 Å². The van der Waals surface area contributed by atoms with E-state index in [1.54, 1.807) is 6.08 Å². The Morgan fingerprint density at radius 3 is 3.12 bits per heavy atom. The number of hydrogen-bond acceptors (Lipinski definition) is 2. The van der Waals surface area contributed by atoms with Crippen molar-refractivity contribution >= 4 is 0 Å². The first kappa shape index (κ1) is 5.33. The van der Waals surface area contributed by atoms with E-state index in [0.29, 0.717) is 6.61 Å². The van der Waals surface area contributed by atoms with Crippen LogP contribution in [0.1, 0.15) is 6.42 Å². The van der Waals surface area contributed by atoms with Gasteiger partial charge in [0.05, 0.1) is 19.3 Å². The van der Waals surface area contributed by atoms with Crippen LogP contribution in [0.25, 0.3) is 0 Å². The fraction of sp³-hybridized carbons (Fsp3) is 0.500. The summed E-state index contributed by atoms with van der Waals surface area (Å²) >= 11 is 0. The zero-order chi connectivity index (χ0) is 5.82. The fourth-order valence-electron chi connectivity index (χ4n) is 0.684. The normalized spacial score (nSPS) is 23.6. The van der Waals surface area contributed by atoms with Gasteiger partial charge in [-0.2, -0.15) is 5.26 Å². The average molecular weight is 109 g/mol. The van der Waals surface area contributed by atoms with Gasteiger partial charge in [0.2, 0.25) is 0 Å². The van der Waals surface area contributed by atoms with Crippen LogP contribution in [0.4, 0.5) is 0 Å². The summed E-state index contributed by atoms with van der Waals surface area (Å²) < 4.78 is 4.99. The first-order valence-corrected chi connectivity index (χ1v) is 2.59. The zero-order valence-electron chi connectivity index (χ0n) is 4.55. The number of rotatable bonds is 0. The molecule has 0 aliphatic carbocycles. The molecule has 0 aromatic carbocycles. The average Bonchev–Trinajstić information content (AvgIpc) is 2.19. The quantitative estimate of drug-likeness (QED) is 0.432. The van der Waals surface area contributed by atoms with Gasteiger partial charge in [-0.15, -0.1) is 0 Å². The molecule has 2 heteroatoms. The number of nitriles is 1. The largest absolute Gasteiger partial charge is 0.377 e. The Morgan fingerprint density at radius 2 is 2.62 bits per heavy atom. The maximum absolute atomic E-state index is 8.14. The first-order chi connectivity index (χ1) is 3.93. The molecule has 0 amide bonds. The summed E-state index contributed by atoms with van der Waals surface area (Å²) in [6.07, 6.45) is 2.50. The van der Waals surface area contributed by atoms with Gasteiger partial charge in [-0.25, -0.2) is 0 Å². The lowest BCUT2D eigenvalue weighted by Crippen LogP contribution is -1.78. The highest BCUT2D eigenvalue weighted by Gasteiger charge is 2.04. The Bertz CT molecular complexity index is 135. The van der Waals surface area contributed by atoms with Crippen LogP contribution in [-0.2, 0) is 4.74 Å². The van der Waals surface area contributed by atoms with Gasteiger partial charge in [0.15, 0.2) is 0 Å². The maximum Gasteiger partial charge on any atom is 0.0912 e. The summed E-state index contributed by atoms with van der Waals surface area (Å²) in [6, 6.07) is 1.97. The van der Waals surface area contributed by atoms with Crippen LogP contribution in [0.3, 0.4) is 0 Å². The Hall–Kier alpha value is -0.810. The minimum absolute atomic E-state index is 0.660. The molecule has 0 N–H and O–H groups in total. The standard InChI is InChI=1S/C6H7NO/c7-3-1-6-2-4-8-5-6/h1H,2,4-5H2/b6-1-. The Morgan fingerprint density at radius 1 is 1.75 bits per heavy atom. The van der Waals surface area contributed by atoms with E-state index in [2.05, 4.69) is 0 Å². The lowest BCUT2D eigenvalue weighted by Gasteiger charge is -1.82. The molecule has 0 unspecified atom stereocenters. The monoisotopic (exact) mass is 109 g/mol. The van der Waals surface area contributed by atoms with Gasteiger partial charge < -0.3 is 4.74 Å². The summed E-state index contributed by atoms with van der Waals surface area (Å²) in [5, 5.41) is 8.14. The van der Waals surface area contributed by atoms with Crippen molar-refractivity contribution in [2.45, 2.75) is 6.42 Å². The van der Waals surface area contributed by atoms with Crippen molar-refractivity contribution in [3.8, 4) is 6.07 Å². The highest BCUT2D eigenvalue weighted by Crippen LogP contribution is 2.08. The van der Waals surface area contributed by atoms with Crippen LogP contribution in [0, 0.1) is 11.3 Å². The molecule has 0 aromatic heterocycles. The first-order valence-electron chi connectivity index (χ1n) is 2.59. The third-order valence-corrected chi connectivity index (χ3v) is 1.12. The van der Waals surface area contributed by atoms with Gasteiger partial charge >= 0.3 is 0 Å². The molecule has 0 radical (unpaired) electrons. The van der Waals surface area contributed by atoms with Gasteiger partial charge in [-0.3, -0.25) is 0 Å². The van der Waals surface area contributed by atoms with Crippen molar-refractivity contribution < 1.29 is 4.74 Å². The topological polar surface area (TPSA) is 33.0 Å². The molecule has 1 saturated heterocycles. The molecule has 0 aromatic rings. The predicted octanol–water partition coefficient (Wildman–Crippen LogP) is 0.857. The molecule has 42 valence electrons. The Labute approximate surface area is 48.4 Å². The molecular formula is C6H7NO. The van der Waals surface area contributed by atoms with Crippen LogP contribution in [0.5, 0.6) is 0 Å². The third kappa shape index (κ3) is 1.08. The second-order valence-corrected chi connectivity index (χ2v) is 1.73.